The Morgan fingerprint density at radius 3 is 2.96 bits per heavy atom. The lowest BCUT2D eigenvalue weighted by Crippen LogP contribution is -2.12. The molecular formula is C17H15N5O2S3. The number of carbonyl (C=O) groups is 1. The van der Waals surface area contributed by atoms with Crippen LogP contribution in [0.3, 0.4) is 0 Å². The highest BCUT2D eigenvalue weighted by atomic mass is 32.2. The van der Waals surface area contributed by atoms with Crippen LogP contribution in [0.1, 0.15) is 16.6 Å². The summed E-state index contributed by atoms with van der Waals surface area (Å²) in [5.74, 6) is 0.629. The lowest BCUT2D eigenvalue weighted by molar-refractivity contribution is -0.113. The normalized spacial score (nSPS) is 11.1. The topological polar surface area (TPSA) is 93.8 Å². The summed E-state index contributed by atoms with van der Waals surface area (Å²) >= 11 is 4.16. The number of aryl methyl sites for hydroxylation is 3. The van der Waals surface area contributed by atoms with E-state index in [0.717, 1.165) is 27.6 Å². The number of fused-ring (bicyclic) bond motifs is 1. The van der Waals surface area contributed by atoms with Crippen molar-refractivity contribution < 1.29 is 9.21 Å². The first-order valence-electron chi connectivity index (χ1n) is 8.18. The summed E-state index contributed by atoms with van der Waals surface area (Å²) in [6, 6.07) is 9.91. The summed E-state index contributed by atoms with van der Waals surface area (Å²) in [5, 5.41) is 13.0. The summed E-state index contributed by atoms with van der Waals surface area (Å²) in [5.41, 5.74) is 1.90. The SMILES string of the molecule is Cc1cc(NC(=O)CSc2nnc(CCc3nc4ccccc4s3)o2)sn1. The van der Waals surface area contributed by atoms with Gasteiger partial charge in [-0.1, -0.05) is 23.9 Å². The molecule has 0 bridgehead atoms. The van der Waals surface area contributed by atoms with Crippen LogP contribution in [0.5, 0.6) is 0 Å². The minimum absolute atomic E-state index is 0.127. The quantitative estimate of drug-likeness (QED) is 0.455. The molecule has 27 heavy (non-hydrogen) atoms. The van der Waals surface area contributed by atoms with Crippen molar-refractivity contribution in [2.75, 3.05) is 11.1 Å². The molecule has 0 aliphatic carbocycles. The third kappa shape index (κ3) is 4.71. The molecule has 4 aromatic rings. The standard InChI is InChI=1S/C17H15N5O2S3/c1-10-8-16(27-22-10)19-13(23)9-25-17-21-20-14(24-17)6-7-15-18-11-4-2-3-5-12(11)26-15/h2-5,8H,6-7,9H2,1H3,(H,19,23). The highest BCUT2D eigenvalue weighted by Crippen LogP contribution is 2.23. The van der Waals surface area contributed by atoms with Gasteiger partial charge in [0.25, 0.3) is 5.22 Å². The molecule has 7 nitrogen and oxygen atoms in total. The second-order valence-corrected chi connectivity index (χ2v) is 8.55. The Bertz CT molecular complexity index is 1040. The van der Waals surface area contributed by atoms with Crippen LogP contribution < -0.4 is 5.32 Å². The molecule has 0 fully saturated rings. The van der Waals surface area contributed by atoms with E-state index in [4.69, 9.17) is 4.42 Å². The summed E-state index contributed by atoms with van der Waals surface area (Å²) in [6.07, 6.45) is 1.37. The van der Waals surface area contributed by atoms with Crippen LogP contribution in [-0.4, -0.2) is 31.2 Å². The van der Waals surface area contributed by atoms with Gasteiger partial charge in [0, 0.05) is 12.8 Å². The lowest BCUT2D eigenvalue weighted by atomic mass is 10.3. The van der Waals surface area contributed by atoms with E-state index >= 15 is 0 Å². The fourth-order valence-electron chi connectivity index (χ4n) is 2.36. The molecule has 0 aliphatic heterocycles. The van der Waals surface area contributed by atoms with E-state index in [1.807, 2.05) is 31.2 Å². The van der Waals surface area contributed by atoms with Crippen LogP contribution in [0.4, 0.5) is 5.00 Å². The second kappa shape index (κ2) is 8.15. The molecule has 1 N–H and O–H groups in total. The van der Waals surface area contributed by atoms with Crippen molar-refractivity contribution in [3.8, 4) is 0 Å². The molecule has 0 atom stereocenters. The molecule has 10 heteroatoms. The van der Waals surface area contributed by atoms with Gasteiger partial charge in [-0.05, 0) is 36.7 Å². The number of amides is 1. The molecule has 1 aromatic carbocycles. The monoisotopic (exact) mass is 417 g/mol. The molecule has 0 saturated carbocycles. The van der Waals surface area contributed by atoms with Crippen molar-refractivity contribution in [3.63, 3.8) is 0 Å². The van der Waals surface area contributed by atoms with Crippen molar-refractivity contribution in [2.24, 2.45) is 0 Å². The summed E-state index contributed by atoms with van der Waals surface area (Å²) in [7, 11) is 0. The fraction of sp³-hybridized carbons (Fsp3) is 0.235. The molecule has 0 radical (unpaired) electrons. The maximum atomic E-state index is 11.9. The number of anilines is 1. The van der Waals surface area contributed by atoms with Gasteiger partial charge in [-0.2, -0.15) is 4.37 Å². The number of benzene rings is 1. The second-order valence-electron chi connectivity index (χ2n) is 5.71. The molecule has 0 aliphatic rings. The molecule has 4 rings (SSSR count). The number of carbonyl (C=O) groups excluding carboxylic acids is 1. The Labute approximate surface area is 167 Å². The van der Waals surface area contributed by atoms with Crippen LogP contribution in [0.2, 0.25) is 0 Å². The van der Waals surface area contributed by atoms with Gasteiger partial charge < -0.3 is 9.73 Å². The number of hydrogen-bond donors (Lipinski definition) is 1. The van der Waals surface area contributed by atoms with Gasteiger partial charge in [0.2, 0.25) is 11.8 Å². The maximum Gasteiger partial charge on any atom is 0.277 e. The molecule has 0 spiro atoms. The molecule has 0 saturated heterocycles. The van der Waals surface area contributed by atoms with Crippen molar-refractivity contribution >= 4 is 55.8 Å². The first-order valence-corrected chi connectivity index (χ1v) is 10.8. The zero-order valence-electron chi connectivity index (χ0n) is 14.3. The number of aromatic nitrogens is 4. The summed E-state index contributed by atoms with van der Waals surface area (Å²) in [6.45, 7) is 1.88. The minimum Gasteiger partial charge on any atom is -0.416 e. The molecule has 0 unspecified atom stereocenters. The van der Waals surface area contributed by atoms with Crippen LogP contribution in [0.25, 0.3) is 10.2 Å². The third-order valence-corrected chi connectivity index (χ3v) is 6.27. The van der Waals surface area contributed by atoms with Gasteiger partial charge in [-0.15, -0.1) is 21.5 Å². The largest absolute Gasteiger partial charge is 0.416 e. The average molecular weight is 418 g/mol. The molecule has 3 aromatic heterocycles. The van der Waals surface area contributed by atoms with E-state index in [0.29, 0.717) is 17.5 Å². The zero-order chi connectivity index (χ0) is 18.6. The number of thiazole rings is 1. The number of rotatable bonds is 7. The Morgan fingerprint density at radius 2 is 2.15 bits per heavy atom. The Hall–Kier alpha value is -2.30. The van der Waals surface area contributed by atoms with Crippen LogP contribution in [0, 0.1) is 6.92 Å². The van der Waals surface area contributed by atoms with Gasteiger partial charge >= 0.3 is 0 Å². The molecule has 138 valence electrons. The van der Waals surface area contributed by atoms with Gasteiger partial charge in [0.15, 0.2) is 0 Å². The Kier molecular flexibility index (Phi) is 5.46. The molecular weight excluding hydrogens is 402 g/mol. The Morgan fingerprint density at radius 1 is 1.26 bits per heavy atom. The van der Waals surface area contributed by atoms with Crippen LogP contribution in [-0.2, 0) is 17.6 Å². The first-order chi connectivity index (χ1) is 13.2. The van der Waals surface area contributed by atoms with E-state index in [1.165, 1.54) is 28.0 Å². The van der Waals surface area contributed by atoms with Crippen LogP contribution >= 0.6 is 34.6 Å². The van der Waals surface area contributed by atoms with Crippen molar-refractivity contribution in [1.82, 2.24) is 19.6 Å². The van der Waals surface area contributed by atoms with Gasteiger partial charge in [0.05, 0.1) is 26.7 Å². The van der Waals surface area contributed by atoms with E-state index in [9.17, 15) is 4.79 Å². The van der Waals surface area contributed by atoms with E-state index in [2.05, 4.69) is 30.9 Å². The summed E-state index contributed by atoms with van der Waals surface area (Å²) in [4.78, 5) is 16.6. The van der Waals surface area contributed by atoms with E-state index < -0.39 is 0 Å². The van der Waals surface area contributed by atoms with Crippen molar-refractivity contribution in [3.05, 3.63) is 46.9 Å². The Balaban J connectivity index is 1.27. The highest BCUT2D eigenvalue weighted by Gasteiger charge is 2.12. The predicted octanol–water partition coefficient (Wildman–Crippen LogP) is 3.96. The number of nitrogens with one attached hydrogen (secondary N) is 1. The smallest absolute Gasteiger partial charge is 0.277 e. The third-order valence-electron chi connectivity index (χ3n) is 3.56. The first kappa shape index (κ1) is 18.1. The van der Waals surface area contributed by atoms with Gasteiger partial charge in [0.1, 0.15) is 5.00 Å². The predicted molar refractivity (Wildman–Crippen MR) is 108 cm³/mol. The zero-order valence-corrected chi connectivity index (χ0v) is 16.8. The van der Waals surface area contributed by atoms with Crippen molar-refractivity contribution in [1.29, 1.82) is 0 Å². The number of thioether (sulfide) groups is 1. The molecule has 1 amide bonds. The number of hydrogen-bond acceptors (Lipinski definition) is 9. The van der Waals surface area contributed by atoms with E-state index in [1.54, 1.807) is 11.3 Å². The van der Waals surface area contributed by atoms with E-state index in [-0.39, 0.29) is 11.7 Å². The number of para-hydroxylation sites is 1. The average Bonchev–Trinajstić information content (AvgIpc) is 3.37. The number of nitrogens with zero attached hydrogens (tertiary/aromatic N) is 4. The van der Waals surface area contributed by atoms with Gasteiger partial charge in [-0.3, -0.25) is 4.79 Å². The highest BCUT2D eigenvalue weighted by molar-refractivity contribution is 7.99. The molecule has 3 heterocycles. The lowest BCUT2D eigenvalue weighted by Gasteiger charge is -1.98. The van der Waals surface area contributed by atoms with Crippen molar-refractivity contribution in [2.45, 2.75) is 25.0 Å². The van der Waals surface area contributed by atoms with Gasteiger partial charge in [-0.25, -0.2) is 4.98 Å². The van der Waals surface area contributed by atoms with Crippen LogP contribution in [0.15, 0.2) is 40.0 Å². The maximum absolute atomic E-state index is 11.9. The fourth-order valence-corrected chi connectivity index (χ4v) is 4.59. The summed E-state index contributed by atoms with van der Waals surface area (Å²) < 4.78 is 10.9. The minimum atomic E-state index is -0.127.